The Hall–Kier alpha value is -0.240. The van der Waals surface area contributed by atoms with Crippen LogP contribution in [0.3, 0.4) is 0 Å². The highest BCUT2D eigenvalue weighted by molar-refractivity contribution is 9.11. The Balaban J connectivity index is 2.30. The lowest BCUT2D eigenvalue weighted by molar-refractivity contribution is 0.102. The fourth-order valence-corrected chi connectivity index (χ4v) is 4.32. The van der Waals surface area contributed by atoms with Crippen LogP contribution < -0.4 is 5.32 Å². The van der Waals surface area contributed by atoms with Crippen molar-refractivity contribution in [3.05, 3.63) is 59.6 Å². The van der Waals surface area contributed by atoms with E-state index in [0.29, 0.717) is 11.3 Å². The smallest absolute Gasteiger partial charge is 0.255 e. The van der Waals surface area contributed by atoms with Crippen LogP contribution in [0.5, 0.6) is 0 Å². The molecule has 0 aliphatic heterocycles. The van der Waals surface area contributed by atoms with E-state index in [4.69, 9.17) is 0 Å². The topological polar surface area (TPSA) is 29.1 Å². The van der Waals surface area contributed by atoms with Crippen molar-refractivity contribution in [2.75, 3.05) is 5.32 Å². The van der Waals surface area contributed by atoms with Crippen LogP contribution in [0.25, 0.3) is 0 Å². The summed E-state index contributed by atoms with van der Waals surface area (Å²) < 4.78 is 15.7. The van der Waals surface area contributed by atoms with Gasteiger partial charge < -0.3 is 5.32 Å². The Morgan fingerprint density at radius 3 is 2.10 bits per heavy atom. The van der Waals surface area contributed by atoms with Crippen molar-refractivity contribution >= 4 is 75.3 Å². The zero-order valence-corrected chi connectivity index (χ0v) is 16.0. The van der Waals surface area contributed by atoms with E-state index in [1.54, 1.807) is 0 Å². The van der Waals surface area contributed by atoms with Crippen molar-refractivity contribution in [3.63, 3.8) is 0 Å². The third kappa shape index (κ3) is 3.69. The van der Waals surface area contributed by atoms with Crippen molar-refractivity contribution in [1.29, 1.82) is 0 Å². The quantitative estimate of drug-likeness (QED) is 0.497. The second-order valence-corrected chi connectivity index (χ2v) is 7.31. The third-order valence-electron chi connectivity index (χ3n) is 2.43. The number of hydrogen-bond donors (Lipinski definition) is 1. The molecule has 0 saturated carbocycles. The van der Waals surface area contributed by atoms with E-state index in [2.05, 4.69) is 69.0 Å². The maximum Gasteiger partial charge on any atom is 0.255 e. The standard InChI is InChI=1S/C13H6Br4FNO/c14-7-4-9(16)12(10(17)5-7)19-13(20)6-1-2-11(18)8(15)3-6/h1-5H,(H,19,20). The van der Waals surface area contributed by atoms with Gasteiger partial charge in [0, 0.05) is 19.0 Å². The minimum absolute atomic E-state index is 0.249. The van der Waals surface area contributed by atoms with Crippen LogP contribution in [0.4, 0.5) is 10.1 Å². The molecule has 0 aliphatic carbocycles. The zero-order chi connectivity index (χ0) is 14.9. The van der Waals surface area contributed by atoms with Gasteiger partial charge in [-0.2, -0.15) is 0 Å². The number of anilines is 1. The largest absolute Gasteiger partial charge is 0.320 e. The molecule has 104 valence electrons. The fraction of sp³-hybridized carbons (Fsp3) is 0. The highest BCUT2D eigenvalue weighted by Gasteiger charge is 2.13. The first-order chi connectivity index (χ1) is 9.38. The first kappa shape index (κ1) is 16.1. The van der Waals surface area contributed by atoms with Gasteiger partial charge in [0.2, 0.25) is 0 Å². The average Bonchev–Trinajstić information content (AvgIpc) is 2.36. The van der Waals surface area contributed by atoms with Gasteiger partial charge in [-0.05, 0) is 78.1 Å². The van der Waals surface area contributed by atoms with Crippen molar-refractivity contribution in [2.45, 2.75) is 0 Å². The van der Waals surface area contributed by atoms with E-state index >= 15 is 0 Å². The van der Waals surface area contributed by atoms with E-state index in [-0.39, 0.29) is 10.4 Å². The molecular formula is C13H6Br4FNO. The van der Waals surface area contributed by atoms with Gasteiger partial charge in [0.25, 0.3) is 5.91 Å². The second kappa shape index (κ2) is 6.68. The molecule has 0 bridgehead atoms. The van der Waals surface area contributed by atoms with Gasteiger partial charge in [-0.1, -0.05) is 15.9 Å². The number of rotatable bonds is 2. The van der Waals surface area contributed by atoms with E-state index in [1.807, 2.05) is 12.1 Å². The van der Waals surface area contributed by atoms with Gasteiger partial charge in [0.15, 0.2) is 0 Å². The summed E-state index contributed by atoms with van der Waals surface area (Å²) in [7, 11) is 0. The van der Waals surface area contributed by atoms with Crippen LogP contribution in [0.2, 0.25) is 0 Å². The van der Waals surface area contributed by atoms with Gasteiger partial charge in [-0.25, -0.2) is 4.39 Å². The number of hydrogen-bond acceptors (Lipinski definition) is 1. The lowest BCUT2D eigenvalue weighted by Crippen LogP contribution is -2.13. The van der Waals surface area contributed by atoms with Crippen LogP contribution in [-0.4, -0.2) is 5.91 Å². The highest BCUT2D eigenvalue weighted by Crippen LogP contribution is 2.34. The number of carbonyl (C=O) groups excluding carboxylic acids is 1. The fourth-order valence-electron chi connectivity index (χ4n) is 1.48. The summed E-state index contributed by atoms with van der Waals surface area (Å²) in [5.41, 5.74) is 0.971. The predicted octanol–water partition coefficient (Wildman–Crippen LogP) is 6.13. The monoisotopic (exact) mass is 527 g/mol. The molecule has 2 nitrogen and oxygen atoms in total. The molecule has 2 aromatic rings. The van der Waals surface area contributed by atoms with E-state index in [1.165, 1.54) is 18.2 Å². The number of nitrogens with one attached hydrogen (secondary N) is 1. The molecule has 0 radical (unpaired) electrons. The van der Waals surface area contributed by atoms with Crippen molar-refractivity contribution in [2.24, 2.45) is 0 Å². The molecule has 2 rings (SSSR count). The Morgan fingerprint density at radius 1 is 0.950 bits per heavy atom. The summed E-state index contributed by atoms with van der Waals surface area (Å²) >= 11 is 13.2. The van der Waals surface area contributed by atoms with Crippen LogP contribution in [-0.2, 0) is 0 Å². The van der Waals surface area contributed by atoms with Gasteiger partial charge in [0.1, 0.15) is 5.82 Å². The number of carbonyl (C=O) groups is 1. The Morgan fingerprint density at radius 2 is 1.55 bits per heavy atom. The highest BCUT2D eigenvalue weighted by atomic mass is 79.9. The first-order valence-corrected chi connectivity index (χ1v) is 8.46. The Kier molecular flexibility index (Phi) is 5.39. The summed E-state index contributed by atoms with van der Waals surface area (Å²) in [5, 5.41) is 2.77. The van der Waals surface area contributed by atoms with Gasteiger partial charge in [-0.3, -0.25) is 4.79 Å². The molecule has 0 heterocycles. The van der Waals surface area contributed by atoms with Gasteiger partial charge in [-0.15, -0.1) is 0 Å². The molecule has 0 unspecified atom stereocenters. The lowest BCUT2D eigenvalue weighted by Gasteiger charge is -2.10. The van der Waals surface area contributed by atoms with Gasteiger partial charge in [0.05, 0.1) is 10.2 Å². The van der Waals surface area contributed by atoms with Crippen molar-refractivity contribution in [3.8, 4) is 0 Å². The average molecular weight is 531 g/mol. The molecule has 0 aliphatic rings. The van der Waals surface area contributed by atoms with Crippen LogP contribution >= 0.6 is 63.7 Å². The van der Waals surface area contributed by atoms with Crippen LogP contribution in [0.1, 0.15) is 10.4 Å². The van der Waals surface area contributed by atoms with Gasteiger partial charge >= 0.3 is 0 Å². The van der Waals surface area contributed by atoms with Crippen molar-refractivity contribution < 1.29 is 9.18 Å². The minimum atomic E-state index is -0.410. The number of amides is 1. The molecule has 1 N–H and O–H groups in total. The number of halogens is 5. The third-order valence-corrected chi connectivity index (χ3v) is 4.74. The Bertz CT molecular complexity index is 667. The maximum absolute atomic E-state index is 13.2. The SMILES string of the molecule is O=C(Nc1c(Br)cc(Br)cc1Br)c1ccc(F)c(Br)c1. The predicted molar refractivity (Wildman–Crippen MR) is 91.6 cm³/mol. The summed E-state index contributed by atoms with van der Waals surface area (Å²) in [4.78, 5) is 12.2. The maximum atomic E-state index is 13.2. The zero-order valence-electron chi connectivity index (χ0n) is 9.68. The molecule has 2 aromatic carbocycles. The van der Waals surface area contributed by atoms with E-state index < -0.39 is 5.82 Å². The molecule has 0 atom stereocenters. The summed E-state index contributed by atoms with van der Waals surface area (Å²) in [6.07, 6.45) is 0. The van der Waals surface area contributed by atoms with Crippen molar-refractivity contribution in [1.82, 2.24) is 0 Å². The molecule has 7 heteroatoms. The molecule has 0 fully saturated rings. The molecule has 0 spiro atoms. The summed E-state index contributed by atoms with van der Waals surface area (Å²) in [6.45, 7) is 0. The molecule has 20 heavy (non-hydrogen) atoms. The second-order valence-electron chi connectivity index (χ2n) is 3.83. The molecular weight excluding hydrogens is 525 g/mol. The molecule has 0 saturated heterocycles. The Labute approximate surface area is 148 Å². The number of benzene rings is 2. The van der Waals surface area contributed by atoms with E-state index in [0.717, 1.165) is 13.4 Å². The summed E-state index contributed by atoms with van der Waals surface area (Å²) in [6, 6.07) is 7.74. The minimum Gasteiger partial charge on any atom is -0.320 e. The van der Waals surface area contributed by atoms with Crippen LogP contribution in [0.15, 0.2) is 48.2 Å². The molecule has 0 aromatic heterocycles. The normalized spacial score (nSPS) is 10.4. The van der Waals surface area contributed by atoms with Crippen LogP contribution in [0, 0.1) is 5.82 Å². The first-order valence-electron chi connectivity index (χ1n) is 5.29. The summed E-state index contributed by atoms with van der Waals surface area (Å²) in [5.74, 6) is -0.734. The van der Waals surface area contributed by atoms with E-state index in [9.17, 15) is 9.18 Å². The molecule has 1 amide bonds. The lowest BCUT2D eigenvalue weighted by atomic mass is 10.2.